The van der Waals surface area contributed by atoms with E-state index in [-0.39, 0.29) is 24.8 Å². The van der Waals surface area contributed by atoms with E-state index >= 15 is 0 Å². The average Bonchev–Trinajstić information content (AvgIpc) is 3.04. The van der Waals surface area contributed by atoms with Crippen LogP contribution in [0.25, 0.3) is 10.9 Å². The van der Waals surface area contributed by atoms with Crippen LogP contribution in [0.5, 0.6) is 11.5 Å². The summed E-state index contributed by atoms with van der Waals surface area (Å²) in [4.78, 5) is 24.6. The number of methoxy groups -OCH3 is 2. The van der Waals surface area contributed by atoms with Crippen molar-refractivity contribution in [2.45, 2.75) is 6.42 Å². The normalized spacial score (nSPS) is 10.6. The summed E-state index contributed by atoms with van der Waals surface area (Å²) in [5.41, 5.74) is 2.00. The fourth-order valence-corrected chi connectivity index (χ4v) is 3.28. The number of hydrogen-bond acceptors (Lipinski definition) is 4. The van der Waals surface area contributed by atoms with Crippen LogP contribution in [0.15, 0.2) is 42.5 Å². The zero-order chi connectivity index (χ0) is 21.0. The van der Waals surface area contributed by atoms with Crippen molar-refractivity contribution in [2.24, 2.45) is 7.05 Å². The lowest BCUT2D eigenvalue weighted by atomic mass is 10.2. The number of nitrogens with zero attached hydrogens (tertiary/aromatic N) is 1. The van der Waals surface area contributed by atoms with Crippen molar-refractivity contribution in [3.63, 3.8) is 0 Å². The maximum Gasteiger partial charge on any atom is 0.267 e. The van der Waals surface area contributed by atoms with Gasteiger partial charge in [0.25, 0.3) is 5.91 Å². The van der Waals surface area contributed by atoms with Crippen LogP contribution in [0.4, 0.5) is 5.69 Å². The molecule has 2 aromatic carbocycles. The Kier molecular flexibility index (Phi) is 6.29. The molecule has 8 heteroatoms. The topological polar surface area (TPSA) is 81.6 Å². The van der Waals surface area contributed by atoms with E-state index in [1.807, 2.05) is 29.8 Å². The molecule has 0 unspecified atom stereocenters. The molecule has 3 rings (SSSR count). The maximum atomic E-state index is 12.5. The van der Waals surface area contributed by atoms with Crippen molar-refractivity contribution in [2.75, 3.05) is 26.1 Å². The highest BCUT2D eigenvalue weighted by Gasteiger charge is 2.14. The number of anilines is 1. The van der Waals surface area contributed by atoms with E-state index in [0.29, 0.717) is 22.2 Å². The van der Waals surface area contributed by atoms with Gasteiger partial charge in [-0.05, 0) is 42.5 Å². The van der Waals surface area contributed by atoms with Crippen molar-refractivity contribution in [1.82, 2.24) is 9.88 Å². The number of nitrogens with one attached hydrogen (secondary N) is 2. The third-order valence-corrected chi connectivity index (χ3v) is 4.85. The molecule has 1 heterocycles. The number of amides is 2. The minimum Gasteiger partial charge on any atom is -0.497 e. The molecule has 0 aliphatic rings. The summed E-state index contributed by atoms with van der Waals surface area (Å²) in [5, 5.41) is 6.84. The molecule has 7 nitrogen and oxygen atoms in total. The Hall–Kier alpha value is -3.19. The molecule has 1 aromatic heterocycles. The van der Waals surface area contributed by atoms with Gasteiger partial charge in [0, 0.05) is 36.6 Å². The van der Waals surface area contributed by atoms with Crippen LogP contribution in [0.1, 0.15) is 16.9 Å². The third-order valence-electron chi connectivity index (χ3n) is 4.56. The molecule has 0 radical (unpaired) electrons. The molecular weight excluding hydrogens is 394 g/mol. The molecule has 0 fully saturated rings. The van der Waals surface area contributed by atoms with Gasteiger partial charge in [0.1, 0.15) is 17.2 Å². The smallest absolute Gasteiger partial charge is 0.267 e. The van der Waals surface area contributed by atoms with Crippen molar-refractivity contribution in [1.29, 1.82) is 0 Å². The minimum absolute atomic E-state index is 0.132. The minimum atomic E-state index is -0.247. The molecule has 0 saturated carbocycles. The number of aryl methyl sites for hydroxylation is 1. The second kappa shape index (κ2) is 8.87. The fraction of sp³-hybridized carbons (Fsp3) is 0.238. The van der Waals surface area contributed by atoms with Gasteiger partial charge in [-0.3, -0.25) is 9.59 Å². The number of halogens is 1. The Morgan fingerprint density at radius 3 is 2.55 bits per heavy atom. The predicted octanol–water partition coefficient (Wildman–Crippen LogP) is 3.61. The molecule has 0 atom stereocenters. The van der Waals surface area contributed by atoms with Crippen molar-refractivity contribution in [3.05, 3.63) is 53.2 Å². The van der Waals surface area contributed by atoms with E-state index in [1.54, 1.807) is 31.4 Å². The first-order valence-corrected chi connectivity index (χ1v) is 9.35. The lowest BCUT2D eigenvalue weighted by molar-refractivity contribution is -0.116. The molecule has 2 N–H and O–H groups in total. The molecule has 0 aliphatic heterocycles. The van der Waals surface area contributed by atoms with E-state index in [4.69, 9.17) is 21.1 Å². The highest BCUT2D eigenvalue weighted by Crippen LogP contribution is 2.27. The van der Waals surface area contributed by atoms with Gasteiger partial charge in [0.2, 0.25) is 5.91 Å². The lowest BCUT2D eigenvalue weighted by Crippen LogP contribution is -2.29. The van der Waals surface area contributed by atoms with Gasteiger partial charge in [0.15, 0.2) is 0 Å². The summed E-state index contributed by atoms with van der Waals surface area (Å²) in [5.74, 6) is 0.783. The van der Waals surface area contributed by atoms with Crippen LogP contribution >= 0.6 is 11.6 Å². The maximum absolute atomic E-state index is 12.5. The zero-order valence-corrected chi connectivity index (χ0v) is 17.2. The first kappa shape index (κ1) is 20.5. The van der Waals surface area contributed by atoms with Crippen molar-refractivity contribution >= 4 is 40.0 Å². The number of ether oxygens (including phenoxy) is 2. The molecule has 29 heavy (non-hydrogen) atoms. The number of rotatable bonds is 7. The summed E-state index contributed by atoms with van der Waals surface area (Å²) in [6.45, 7) is 0.208. The quantitative estimate of drug-likeness (QED) is 0.617. The lowest BCUT2D eigenvalue weighted by Gasteiger charge is -2.09. The van der Waals surface area contributed by atoms with Gasteiger partial charge in [-0.25, -0.2) is 0 Å². The third kappa shape index (κ3) is 4.63. The molecule has 2 amide bonds. The summed E-state index contributed by atoms with van der Waals surface area (Å²) < 4.78 is 12.1. The predicted molar refractivity (Wildman–Crippen MR) is 113 cm³/mol. The summed E-state index contributed by atoms with van der Waals surface area (Å²) >= 11 is 6.05. The van der Waals surface area contributed by atoms with Gasteiger partial charge < -0.3 is 24.7 Å². The molecular formula is C21H22ClN3O4. The van der Waals surface area contributed by atoms with E-state index in [1.165, 1.54) is 7.11 Å². The Balaban J connectivity index is 1.57. The Bertz CT molecular complexity index is 1060. The van der Waals surface area contributed by atoms with Gasteiger partial charge >= 0.3 is 0 Å². The molecule has 3 aromatic rings. The Morgan fingerprint density at radius 2 is 1.86 bits per heavy atom. The van der Waals surface area contributed by atoms with Crippen LogP contribution in [-0.2, 0) is 11.8 Å². The van der Waals surface area contributed by atoms with Crippen LogP contribution in [0.3, 0.4) is 0 Å². The van der Waals surface area contributed by atoms with Crippen molar-refractivity contribution in [3.8, 4) is 11.5 Å². The SMILES string of the molecule is COc1ccc2c(c1)cc(C(=O)NCCC(=O)Nc1ccc(OC)c(Cl)c1)n2C. The van der Waals surface area contributed by atoms with E-state index in [9.17, 15) is 9.59 Å². The monoisotopic (exact) mass is 415 g/mol. The number of carbonyl (C=O) groups excluding carboxylic acids is 2. The number of hydrogen-bond donors (Lipinski definition) is 2. The highest BCUT2D eigenvalue weighted by atomic mass is 35.5. The number of carbonyl (C=O) groups is 2. The van der Waals surface area contributed by atoms with Gasteiger partial charge in [-0.2, -0.15) is 0 Å². The number of fused-ring (bicyclic) bond motifs is 1. The number of benzene rings is 2. The van der Waals surface area contributed by atoms with Crippen molar-refractivity contribution < 1.29 is 19.1 Å². The van der Waals surface area contributed by atoms with E-state index in [0.717, 1.165) is 16.7 Å². The summed E-state index contributed by atoms with van der Waals surface area (Å²) in [6.07, 6.45) is 0.132. The Morgan fingerprint density at radius 1 is 1.07 bits per heavy atom. The summed E-state index contributed by atoms with van der Waals surface area (Å²) in [6, 6.07) is 12.4. The van der Waals surface area contributed by atoms with Crippen LogP contribution < -0.4 is 20.1 Å². The van der Waals surface area contributed by atoms with Crippen LogP contribution in [0.2, 0.25) is 5.02 Å². The van der Waals surface area contributed by atoms with E-state index < -0.39 is 0 Å². The Labute approximate surface area is 173 Å². The van der Waals surface area contributed by atoms with Gasteiger partial charge in [-0.1, -0.05) is 11.6 Å². The molecule has 152 valence electrons. The van der Waals surface area contributed by atoms with Gasteiger partial charge in [-0.15, -0.1) is 0 Å². The largest absolute Gasteiger partial charge is 0.497 e. The average molecular weight is 416 g/mol. The van der Waals surface area contributed by atoms with Gasteiger partial charge in [0.05, 0.1) is 19.2 Å². The second-order valence-electron chi connectivity index (χ2n) is 6.42. The van der Waals surface area contributed by atoms with Crippen LogP contribution in [0, 0.1) is 0 Å². The molecule has 0 aliphatic carbocycles. The first-order valence-electron chi connectivity index (χ1n) is 8.98. The van der Waals surface area contributed by atoms with E-state index in [2.05, 4.69) is 10.6 Å². The zero-order valence-electron chi connectivity index (χ0n) is 16.4. The summed E-state index contributed by atoms with van der Waals surface area (Å²) in [7, 11) is 4.95. The standard InChI is InChI=1S/C21H22ClN3O4/c1-25-17-6-5-15(28-2)10-13(17)11-18(25)21(27)23-9-8-20(26)24-14-4-7-19(29-3)16(22)12-14/h4-7,10-12H,8-9H2,1-3H3,(H,23,27)(H,24,26). The molecule has 0 saturated heterocycles. The molecule has 0 bridgehead atoms. The second-order valence-corrected chi connectivity index (χ2v) is 6.82. The first-order chi connectivity index (χ1) is 13.9. The highest BCUT2D eigenvalue weighted by molar-refractivity contribution is 6.32. The number of aromatic nitrogens is 1. The molecule has 0 spiro atoms. The van der Waals surface area contributed by atoms with Crippen LogP contribution in [-0.4, -0.2) is 37.1 Å². The fourth-order valence-electron chi connectivity index (χ4n) is 3.02.